The zero-order chi connectivity index (χ0) is 8.53. The van der Waals surface area contributed by atoms with Gasteiger partial charge in [-0.1, -0.05) is 6.08 Å². The molecule has 1 rings (SSSR count). The first kappa shape index (κ1) is 10.9. The lowest BCUT2D eigenvalue weighted by atomic mass is 10.2. The molecule has 0 aliphatic carbocycles. The normalized spacial score (nSPS) is 23.5. The lowest BCUT2D eigenvalue weighted by Gasteiger charge is -2.17. The van der Waals surface area contributed by atoms with Crippen LogP contribution in [0.1, 0.15) is 19.3 Å². The summed E-state index contributed by atoms with van der Waals surface area (Å²) < 4.78 is 5.34. The van der Waals surface area contributed by atoms with E-state index in [1.807, 2.05) is 0 Å². The summed E-state index contributed by atoms with van der Waals surface area (Å²) in [4.78, 5) is 0. The summed E-state index contributed by atoms with van der Waals surface area (Å²) >= 11 is 0. The first-order chi connectivity index (χ1) is 5.31. The van der Waals surface area contributed by atoms with Crippen LogP contribution >= 0.6 is 0 Å². The predicted molar refractivity (Wildman–Crippen MR) is 52.8 cm³/mol. The standard InChI is InChI=1S/C5H12OSi.C3H7N/c7-5-3-1-2-4-6-5;1-2-3-4/h5H,1-4H2,7H3;2H,1,3-4H2. The molecule has 11 heavy (non-hydrogen) atoms. The third kappa shape index (κ3) is 7.78. The summed E-state index contributed by atoms with van der Waals surface area (Å²) in [6, 6.07) is 0. The molecular formula is C8H19NOSi. The van der Waals surface area contributed by atoms with E-state index in [0.29, 0.717) is 12.3 Å². The van der Waals surface area contributed by atoms with E-state index in [-0.39, 0.29) is 0 Å². The predicted octanol–water partition coefficient (Wildman–Crippen LogP) is 0.00950. The molecule has 1 unspecified atom stereocenters. The zero-order valence-corrected chi connectivity index (χ0v) is 9.38. The van der Waals surface area contributed by atoms with Crippen LogP contribution in [0.25, 0.3) is 0 Å². The second kappa shape index (κ2) is 7.98. The Balaban J connectivity index is 0.000000218. The van der Waals surface area contributed by atoms with E-state index in [4.69, 9.17) is 10.5 Å². The molecule has 2 N–H and O–H groups in total. The minimum Gasteiger partial charge on any atom is -0.383 e. The molecule has 0 spiro atoms. The first-order valence-corrected chi connectivity index (χ1v) is 5.39. The van der Waals surface area contributed by atoms with Crippen molar-refractivity contribution in [1.82, 2.24) is 0 Å². The van der Waals surface area contributed by atoms with Crippen LogP contribution in [0.4, 0.5) is 0 Å². The zero-order valence-electron chi connectivity index (χ0n) is 7.38. The third-order valence-electron chi connectivity index (χ3n) is 1.57. The van der Waals surface area contributed by atoms with Gasteiger partial charge < -0.3 is 10.5 Å². The lowest BCUT2D eigenvalue weighted by Crippen LogP contribution is -2.18. The first-order valence-electron chi connectivity index (χ1n) is 4.23. The van der Waals surface area contributed by atoms with Gasteiger partial charge in [0, 0.05) is 29.1 Å². The minimum atomic E-state index is 0.583. The molecule has 0 aromatic carbocycles. The Kier molecular flexibility index (Phi) is 7.89. The van der Waals surface area contributed by atoms with Crippen molar-refractivity contribution in [3.05, 3.63) is 12.7 Å². The Morgan fingerprint density at radius 2 is 2.27 bits per heavy atom. The maximum absolute atomic E-state index is 5.34. The molecule has 1 heterocycles. The van der Waals surface area contributed by atoms with Gasteiger partial charge >= 0.3 is 0 Å². The highest BCUT2D eigenvalue weighted by Gasteiger charge is 2.05. The Bertz CT molecular complexity index is 92.1. The maximum Gasteiger partial charge on any atom is 0.0465 e. The fourth-order valence-electron chi connectivity index (χ4n) is 0.902. The highest BCUT2D eigenvalue weighted by molar-refractivity contribution is 6.10. The van der Waals surface area contributed by atoms with Crippen LogP contribution in [0.5, 0.6) is 0 Å². The van der Waals surface area contributed by atoms with Gasteiger partial charge in [0.1, 0.15) is 0 Å². The average molecular weight is 173 g/mol. The molecular weight excluding hydrogens is 154 g/mol. The van der Waals surface area contributed by atoms with Crippen molar-refractivity contribution in [2.24, 2.45) is 5.73 Å². The highest BCUT2D eigenvalue weighted by atomic mass is 28.1. The average Bonchev–Trinajstić information content (AvgIpc) is 2.07. The van der Waals surface area contributed by atoms with Crippen molar-refractivity contribution in [3.8, 4) is 0 Å². The molecule has 0 bridgehead atoms. The fraction of sp³-hybridized carbons (Fsp3) is 0.750. The van der Waals surface area contributed by atoms with Crippen molar-refractivity contribution in [2.45, 2.75) is 25.0 Å². The van der Waals surface area contributed by atoms with Gasteiger partial charge in [0.15, 0.2) is 0 Å². The molecule has 1 aliphatic heterocycles. The smallest absolute Gasteiger partial charge is 0.0465 e. The van der Waals surface area contributed by atoms with Crippen LogP contribution in [0.2, 0.25) is 0 Å². The van der Waals surface area contributed by atoms with Crippen molar-refractivity contribution < 1.29 is 4.74 Å². The van der Waals surface area contributed by atoms with Gasteiger partial charge in [-0.25, -0.2) is 0 Å². The summed E-state index contributed by atoms with van der Waals surface area (Å²) in [5.41, 5.74) is 5.58. The quantitative estimate of drug-likeness (QED) is 0.448. The van der Waals surface area contributed by atoms with Gasteiger partial charge in [-0.2, -0.15) is 0 Å². The molecule has 2 nitrogen and oxygen atoms in total. The van der Waals surface area contributed by atoms with Crippen molar-refractivity contribution in [3.63, 3.8) is 0 Å². The van der Waals surface area contributed by atoms with Crippen molar-refractivity contribution >= 4 is 10.2 Å². The van der Waals surface area contributed by atoms with E-state index >= 15 is 0 Å². The van der Waals surface area contributed by atoms with Crippen LogP contribution in [0.15, 0.2) is 12.7 Å². The van der Waals surface area contributed by atoms with E-state index in [1.165, 1.54) is 29.5 Å². The Hall–Kier alpha value is -0.123. The van der Waals surface area contributed by atoms with Crippen LogP contribution in [0, 0.1) is 0 Å². The monoisotopic (exact) mass is 173 g/mol. The van der Waals surface area contributed by atoms with E-state index in [9.17, 15) is 0 Å². The summed E-state index contributed by atoms with van der Waals surface area (Å²) in [5, 5.41) is 0. The fourth-order valence-corrected chi connectivity index (χ4v) is 1.55. The Morgan fingerprint density at radius 3 is 2.45 bits per heavy atom. The van der Waals surface area contributed by atoms with Crippen molar-refractivity contribution in [1.29, 1.82) is 0 Å². The molecule has 0 aromatic heterocycles. The Labute approximate surface area is 72.2 Å². The van der Waals surface area contributed by atoms with Crippen LogP contribution in [-0.2, 0) is 4.74 Å². The molecule has 0 radical (unpaired) electrons. The second-order valence-corrected chi connectivity index (χ2v) is 3.99. The number of nitrogens with two attached hydrogens (primary N) is 1. The molecule has 0 saturated carbocycles. The second-order valence-electron chi connectivity index (χ2n) is 2.70. The van der Waals surface area contributed by atoms with Gasteiger partial charge in [0.25, 0.3) is 0 Å². The van der Waals surface area contributed by atoms with E-state index in [0.717, 1.165) is 6.61 Å². The molecule has 1 atom stereocenters. The summed E-state index contributed by atoms with van der Waals surface area (Å²) in [5.74, 6) is 0. The third-order valence-corrected chi connectivity index (χ3v) is 2.48. The number of hydrogen-bond donors (Lipinski definition) is 1. The number of rotatable bonds is 1. The lowest BCUT2D eigenvalue weighted by molar-refractivity contribution is 0.0675. The molecule has 3 heteroatoms. The van der Waals surface area contributed by atoms with Gasteiger partial charge in [-0.05, 0) is 19.3 Å². The SMILES string of the molecule is C=CCN.[SiH3]C1CCCCO1. The van der Waals surface area contributed by atoms with Crippen LogP contribution in [0.3, 0.4) is 0 Å². The Morgan fingerprint density at radius 1 is 1.64 bits per heavy atom. The van der Waals surface area contributed by atoms with Gasteiger partial charge in [0.05, 0.1) is 0 Å². The van der Waals surface area contributed by atoms with Crippen LogP contribution < -0.4 is 5.73 Å². The van der Waals surface area contributed by atoms with Gasteiger partial charge in [0.2, 0.25) is 0 Å². The molecule has 66 valence electrons. The summed E-state index contributed by atoms with van der Waals surface area (Å²) in [6.07, 6.45) is 5.67. The summed E-state index contributed by atoms with van der Waals surface area (Å²) in [7, 11) is 1.23. The minimum absolute atomic E-state index is 0.583. The molecule has 1 saturated heterocycles. The molecule has 1 fully saturated rings. The maximum atomic E-state index is 5.34. The van der Waals surface area contributed by atoms with E-state index < -0.39 is 0 Å². The van der Waals surface area contributed by atoms with E-state index in [1.54, 1.807) is 6.08 Å². The number of ether oxygens (including phenoxy) is 1. The highest BCUT2D eigenvalue weighted by Crippen LogP contribution is 2.08. The largest absolute Gasteiger partial charge is 0.383 e. The van der Waals surface area contributed by atoms with Gasteiger partial charge in [-0.3, -0.25) is 0 Å². The van der Waals surface area contributed by atoms with Gasteiger partial charge in [-0.15, -0.1) is 6.58 Å². The topological polar surface area (TPSA) is 35.2 Å². The van der Waals surface area contributed by atoms with E-state index in [2.05, 4.69) is 6.58 Å². The molecule has 1 aliphatic rings. The molecule has 0 amide bonds. The summed E-state index contributed by atoms with van der Waals surface area (Å²) in [6.45, 7) is 4.96. The van der Waals surface area contributed by atoms with Crippen LogP contribution in [-0.4, -0.2) is 29.1 Å². The van der Waals surface area contributed by atoms with Crippen molar-refractivity contribution in [2.75, 3.05) is 13.2 Å². The molecule has 0 aromatic rings. The number of hydrogen-bond acceptors (Lipinski definition) is 2.